The number of nitrogens with one attached hydrogen (secondary N) is 1. The fourth-order valence-corrected chi connectivity index (χ4v) is 2.88. The van der Waals surface area contributed by atoms with Crippen molar-refractivity contribution in [3.8, 4) is 17.2 Å². The van der Waals surface area contributed by atoms with Gasteiger partial charge in [-0.1, -0.05) is 25.5 Å². The molecule has 3 rings (SSSR count). The van der Waals surface area contributed by atoms with Crippen LogP contribution in [0, 0.1) is 0 Å². The highest BCUT2D eigenvalue weighted by atomic mass is 16.5. The van der Waals surface area contributed by atoms with Gasteiger partial charge >= 0.3 is 5.97 Å². The van der Waals surface area contributed by atoms with Crippen LogP contribution in [0.15, 0.2) is 42.5 Å². The first-order valence-corrected chi connectivity index (χ1v) is 10.4. The standard InChI is InChI=1S/C23H27N5O5/c1-4-5-12-32-18-11-10-15(13-19(18)31-3)21(29)33-14-20-26-22(24)28-23(27-20)25-16-8-6-7-9-17(16)30-2/h6-11,13H,4-5,12,14H2,1-3H3,(H3,24,25,26,27,28). The lowest BCUT2D eigenvalue weighted by atomic mass is 10.2. The van der Waals surface area contributed by atoms with Gasteiger partial charge in [0.2, 0.25) is 11.9 Å². The maximum absolute atomic E-state index is 12.5. The predicted molar refractivity (Wildman–Crippen MR) is 123 cm³/mol. The lowest BCUT2D eigenvalue weighted by Crippen LogP contribution is -2.11. The number of aromatic nitrogens is 3. The molecule has 0 fully saturated rings. The highest BCUT2D eigenvalue weighted by Crippen LogP contribution is 2.29. The van der Waals surface area contributed by atoms with Crippen LogP contribution in [0.3, 0.4) is 0 Å². The second-order valence-corrected chi connectivity index (χ2v) is 6.90. The Morgan fingerprint density at radius 3 is 2.55 bits per heavy atom. The molecular weight excluding hydrogens is 426 g/mol. The minimum atomic E-state index is -0.563. The van der Waals surface area contributed by atoms with E-state index in [0.717, 1.165) is 12.8 Å². The van der Waals surface area contributed by atoms with Crippen LogP contribution in [-0.4, -0.2) is 41.7 Å². The van der Waals surface area contributed by atoms with E-state index in [-0.39, 0.29) is 24.3 Å². The smallest absolute Gasteiger partial charge is 0.338 e. The third kappa shape index (κ3) is 6.45. The first-order chi connectivity index (χ1) is 16.0. The van der Waals surface area contributed by atoms with Crippen molar-refractivity contribution in [1.82, 2.24) is 15.0 Å². The summed E-state index contributed by atoms with van der Waals surface area (Å²) >= 11 is 0. The van der Waals surface area contributed by atoms with Crippen LogP contribution in [0.1, 0.15) is 35.9 Å². The van der Waals surface area contributed by atoms with Gasteiger partial charge in [-0.25, -0.2) is 4.79 Å². The summed E-state index contributed by atoms with van der Waals surface area (Å²) in [4.78, 5) is 24.9. The van der Waals surface area contributed by atoms with E-state index < -0.39 is 5.97 Å². The third-order valence-electron chi connectivity index (χ3n) is 4.54. The average molecular weight is 453 g/mol. The number of esters is 1. The van der Waals surface area contributed by atoms with Crippen molar-refractivity contribution in [3.63, 3.8) is 0 Å². The van der Waals surface area contributed by atoms with Crippen LogP contribution in [-0.2, 0) is 11.3 Å². The monoisotopic (exact) mass is 453 g/mol. The number of ether oxygens (including phenoxy) is 4. The largest absolute Gasteiger partial charge is 0.495 e. The van der Waals surface area contributed by atoms with Gasteiger partial charge in [-0.15, -0.1) is 0 Å². The van der Waals surface area contributed by atoms with Gasteiger partial charge in [0, 0.05) is 0 Å². The molecule has 1 aromatic heterocycles. The maximum atomic E-state index is 12.5. The normalized spacial score (nSPS) is 10.4. The van der Waals surface area contributed by atoms with E-state index in [4.69, 9.17) is 24.7 Å². The Hall–Kier alpha value is -4.08. The maximum Gasteiger partial charge on any atom is 0.338 e. The number of carbonyl (C=O) groups excluding carboxylic acids is 1. The Morgan fingerprint density at radius 1 is 1.00 bits per heavy atom. The topological polar surface area (TPSA) is 131 Å². The molecule has 2 aromatic carbocycles. The first kappa shape index (κ1) is 23.6. The molecule has 0 aliphatic rings. The number of nitrogen functional groups attached to an aromatic ring is 1. The van der Waals surface area contributed by atoms with Gasteiger partial charge in [0.05, 0.1) is 32.1 Å². The molecule has 0 amide bonds. The summed E-state index contributed by atoms with van der Waals surface area (Å²) in [6.45, 7) is 2.46. The molecule has 3 aromatic rings. The van der Waals surface area contributed by atoms with Crippen molar-refractivity contribution in [3.05, 3.63) is 53.9 Å². The van der Waals surface area contributed by atoms with Gasteiger partial charge in [-0.2, -0.15) is 15.0 Å². The second kappa shape index (κ2) is 11.5. The molecule has 0 bridgehead atoms. The average Bonchev–Trinajstić information content (AvgIpc) is 2.83. The molecule has 0 aliphatic carbocycles. The summed E-state index contributed by atoms with van der Waals surface area (Å²) in [6.07, 6.45) is 1.94. The van der Waals surface area contributed by atoms with Crippen molar-refractivity contribution in [2.75, 3.05) is 31.9 Å². The summed E-state index contributed by atoms with van der Waals surface area (Å²) in [5, 5.41) is 3.03. The molecule has 3 N–H and O–H groups in total. The van der Waals surface area contributed by atoms with Crippen LogP contribution >= 0.6 is 0 Å². The van der Waals surface area contributed by atoms with Crippen LogP contribution < -0.4 is 25.3 Å². The van der Waals surface area contributed by atoms with E-state index in [2.05, 4.69) is 27.2 Å². The Labute approximate surface area is 192 Å². The highest BCUT2D eigenvalue weighted by molar-refractivity contribution is 5.90. The van der Waals surface area contributed by atoms with Crippen LogP contribution in [0.4, 0.5) is 17.6 Å². The quantitative estimate of drug-likeness (QED) is 0.327. The van der Waals surface area contributed by atoms with Crippen molar-refractivity contribution in [1.29, 1.82) is 0 Å². The summed E-state index contributed by atoms with van der Waals surface area (Å²) < 4.78 is 21.7. The molecular formula is C23H27N5O5. The number of nitrogens with zero attached hydrogens (tertiary/aromatic N) is 3. The van der Waals surface area contributed by atoms with E-state index in [0.29, 0.717) is 35.1 Å². The van der Waals surface area contributed by atoms with Crippen molar-refractivity contribution in [2.45, 2.75) is 26.4 Å². The van der Waals surface area contributed by atoms with Gasteiger partial charge in [0.15, 0.2) is 23.9 Å². The number of para-hydroxylation sites is 2. The minimum absolute atomic E-state index is 0.0105. The van der Waals surface area contributed by atoms with Crippen molar-refractivity contribution in [2.24, 2.45) is 0 Å². The Kier molecular flexibility index (Phi) is 8.23. The lowest BCUT2D eigenvalue weighted by Gasteiger charge is -2.12. The molecule has 0 spiro atoms. The van der Waals surface area contributed by atoms with E-state index in [1.54, 1.807) is 31.4 Å². The summed E-state index contributed by atoms with van der Waals surface area (Å²) in [5.41, 5.74) is 6.77. The van der Waals surface area contributed by atoms with Crippen LogP contribution in [0.2, 0.25) is 0 Å². The number of hydrogen-bond acceptors (Lipinski definition) is 10. The number of carbonyl (C=O) groups is 1. The zero-order chi connectivity index (χ0) is 23.6. The number of unbranched alkanes of at least 4 members (excludes halogenated alkanes) is 1. The number of rotatable bonds is 11. The van der Waals surface area contributed by atoms with Crippen molar-refractivity contribution >= 4 is 23.6 Å². The van der Waals surface area contributed by atoms with Crippen molar-refractivity contribution < 1.29 is 23.7 Å². The van der Waals surface area contributed by atoms with Gasteiger partial charge in [-0.3, -0.25) is 0 Å². The molecule has 0 radical (unpaired) electrons. The highest BCUT2D eigenvalue weighted by Gasteiger charge is 2.14. The lowest BCUT2D eigenvalue weighted by molar-refractivity contribution is 0.0461. The zero-order valence-corrected chi connectivity index (χ0v) is 18.8. The molecule has 0 atom stereocenters. The van der Waals surface area contributed by atoms with Gasteiger partial charge in [0.25, 0.3) is 0 Å². The summed E-state index contributed by atoms with van der Waals surface area (Å²) in [7, 11) is 3.08. The number of hydrogen-bond donors (Lipinski definition) is 2. The molecule has 174 valence electrons. The number of anilines is 3. The second-order valence-electron chi connectivity index (χ2n) is 6.90. The van der Waals surface area contributed by atoms with Gasteiger partial charge in [0.1, 0.15) is 5.75 Å². The number of benzene rings is 2. The van der Waals surface area contributed by atoms with Gasteiger partial charge in [-0.05, 0) is 36.8 Å². The number of nitrogens with two attached hydrogens (primary N) is 1. The van der Waals surface area contributed by atoms with E-state index in [9.17, 15) is 4.79 Å². The molecule has 0 unspecified atom stereocenters. The fraction of sp³-hybridized carbons (Fsp3) is 0.304. The minimum Gasteiger partial charge on any atom is -0.495 e. The molecule has 10 nitrogen and oxygen atoms in total. The first-order valence-electron chi connectivity index (χ1n) is 10.4. The Bertz CT molecular complexity index is 1090. The molecule has 10 heteroatoms. The van der Waals surface area contributed by atoms with E-state index in [1.807, 2.05) is 18.2 Å². The molecule has 0 saturated heterocycles. The molecule has 33 heavy (non-hydrogen) atoms. The number of methoxy groups -OCH3 is 2. The summed E-state index contributed by atoms with van der Waals surface area (Å²) in [6, 6.07) is 12.2. The molecule has 0 aliphatic heterocycles. The van der Waals surface area contributed by atoms with E-state index in [1.165, 1.54) is 7.11 Å². The Balaban J connectivity index is 1.67. The van der Waals surface area contributed by atoms with Crippen LogP contribution in [0.5, 0.6) is 17.2 Å². The summed E-state index contributed by atoms with van der Waals surface area (Å²) in [5.74, 6) is 1.46. The predicted octanol–water partition coefficient (Wildman–Crippen LogP) is 3.75. The van der Waals surface area contributed by atoms with Gasteiger partial charge < -0.3 is 30.0 Å². The fourth-order valence-electron chi connectivity index (χ4n) is 2.88. The molecule has 0 saturated carbocycles. The van der Waals surface area contributed by atoms with E-state index >= 15 is 0 Å². The zero-order valence-electron chi connectivity index (χ0n) is 18.8. The SMILES string of the molecule is CCCCOc1ccc(C(=O)OCc2nc(N)nc(Nc3ccccc3OC)n2)cc1OC. The Morgan fingerprint density at radius 2 is 1.79 bits per heavy atom. The third-order valence-corrected chi connectivity index (χ3v) is 4.54. The molecule has 1 heterocycles. The van der Waals surface area contributed by atoms with Crippen LogP contribution in [0.25, 0.3) is 0 Å².